The zero-order chi connectivity index (χ0) is 17.6. The minimum Gasteiger partial charge on any atom is -0.349 e. The average molecular weight is 358 g/mol. The van der Waals surface area contributed by atoms with Crippen molar-refractivity contribution in [3.8, 4) is 0 Å². The third-order valence-corrected chi connectivity index (χ3v) is 4.78. The molecule has 1 saturated carbocycles. The first-order valence-electron chi connectivity index (χ1n) is 8.20. The Morgan fingerprint density at radius 2 is 1.80 bits per heavy atom. The molecule has 0 unspecified atom stereocenters. The lowest BCUT2D eigenvalue weighted by Gasteiger charge is -2.11. The van der Waals surface area contributed by atoms with Crippen molar-refractivity contribution >= 4 is 29.3 Å². The van der Waals surface area contributed by atoms with Crippen LogP contribution in [0, 0.1) is 5.82 Å². The number of benzene rings is 2. The summed E-state index contributed by atoms with van der Waals surface area (Å²) in [6.45, 7) is 0. The molecule has 1 aliphatic rings. The molecule has 2 aromatic rings. The van der Waals surface area contributed by atoms with Gasteiger partial charge in [-0.2, -0.15) is 0 Å². The van der Waals surface area contributed by atoms with Gasteiger partial charge in [0.05, 0.1) is 11.3 Å². The van der Waals surface area contributed by atoms with Crippen LogP contribution in [0.15, 0.2) is 53.4 Å². The smallest absolute Gasteiger partial charge is 0.253 e. The molecule has 2 amide bonds. The van der Waals surface area contributed by atoms with Gasteiger partial charge in [0.25, 0.3) is 5.91 Å². The standard InChI is InChI=1S/C19H19FN2O2S/c20-13-5-9-15(10-6-13)25-12-11-18(23)22-17-4-2-1-3-16(17)19(24)21-14-7-8-14/h1-6,9-10,14H,7-8,11-12H2,(H,21,24)(H,22,23). The molecule has 0 spiro atoms. The lowest BCUT2D eigenvalue weighted by atomic mass is 10.1. The van der Waals surface area contributed by atoms with E-state index in [0.29, 0.717) is 23.4 Å². The van der Waals surface area contributed by atoms with Gasteiger partial charge in [0.1, 0.15) is 5.82 Å². The third kappa shape index (κ3) is 5.32. The second-order valence-corrected chi connectivity index (χ2v) is 7.06. The number of hydrogen-bond donors (Lipinski definition) is 2. The molecule has 2 N–H and O–H groups in total. The monoisotopic (exact) mass is 358 g/mol. The Morgan fingerprint density at radius 1 is 1.08 bits per heavy atom. The summed E-state index contributed by atoms with van der Waals surface area (Å²) in [6, 6.07) is 13.5. The molecule has 0 atom stereocenters. The Labute approximate surface area is 150 Å². The van der Waals surface area contributed by atoms with E-state index in [2.05, 4.69) is 10.6 Å². The molecule has 6 heteroatoms. The molecule has 130 valence electrons. The van der Waals surface area contributed by atoms with Crippen LogP contribution >= 0.6 is 11.8 Å². The summed E-state index contributed by atoms with van der Waals surface area (Å²) < 4.78 is 12.9. The van der Waals surface area contributed by atoms with E-state index in [9.17, 15) is 14.0 Å². The van der Waals surface area contributed by atoms with Crippen LogP contribution in [0.3, 0.4) is 0 Å². The molecule has 4 nitrogen and oxygen atoms in total. The van der Waals surface area contributed by atoms with Gasteiger partial charge in [-0.1, -0.05) is 12.1 Å². The molecule has 2 aromatic carbocycles. The first-order valence-corrected chi connectivity index (χ1v) is 9.18. The summed E-state index contributed by atoms with van der Waals surface area (Å²) in [5.74, 6) is -0.00277. The number of thioether (sulfide) groups is 1. The second-order valence-electron chi connectivity index (χ2n) is 5.89. The number of anilines is 1. The van der Waals surface area contributed by atoms with Crippen molar-refractivity contribution in [2.45, 2.75) is 30.2 Å². The minimum atomic E-state index is -0.275. The molecule has 0 aliphatic heterocycles. The Morgan fingerprint density at radius 3 is 2.52 bits per heavy atom. The predicted molar refractivity (Wildman–Crippen MR) is 97.3 cm³/mol. The topological polar surface area (TPSA) is 58.2 Å². The highest BCUT2D eigenvalue weighted by molar-refractivity contribution is 7.99. The molecular weight excluding hydrogens is 339 g/mol. The van der Waals surface area contributed by atoms with E-state index in [1.807, 2.05) is 0 Å². The number of rotatable bonds is 7. The second kappa shape index (κ2) is 8.16. The first kappa shape index (κ1) is 17.5. The van der Waals surface area contributed by atoms with Crippen LogP contribution in [0.4, 0.5) is 10.1 Å². The van der Waals surface area contributed by atoms with Crippen molar-refractivity contribution < 1.29 is 14.0 Å². The number of amides is 2. The van der Waals surface area contributed by atoms with E-state index >= 15 is 0 Å². The summed E-state index contributed by atoms with van der Waals surface area (Å²) in [7, 11) is 0. The van der Waals surface area contributed by atoms with Crippen molar-refractivity contribution in [1.29, 1.82) is 0 Å². The fourth-order valence-corrected chi connectivity index (χ4v) is 3.14. The van der Waals surface area contributed by atoms with Crippen molar-refractivity contribution in [2.75, 3.05) is 11.1 Å². The van der Waals surface area contributed by atoms with Gasteiger partial charge in [0.2, 0.25) is 5.91 Å². The fourth-order valence-electron chi connectivity index (χ4n) is 2.29. The zero-order valence-corrected chi connectivity index (χ0v) is 14.4. The van der Waals surface area contributed by atoms with Crippen LogP contribution in [0.2, 0.25) is 0 Å². The minimum absolute atomic E-state index is 0.152. The number of para-hydroxylation sites is 1. The Kier molecular flexibility index (Phi) is 5.71. The third-order valence-electron chi connectivity index (χ3n) is 3.77. The molecule has 0 radical (unpaired) electrons. The highest BCUT2D eigenvalue weighted by atomic mass is 32.2. The van der Waals surface area contributed by atoms with Crippen LogP contribution in [0.5, 0.6) is 0 Å². The molecule has 0 saturated heterocycles. The summed E-state index contributed by atoms with van der Waals surface area (Å²) in [5, 5.41) is 5.74. The number of halogens is 1. The fraction of sp³-hybridized carbons (Fsp3) is 0.263. The average Bonchev–Trinajstić information content (AvgIpc) is 3.41. The highest BCUT2D eigenvalue weighted by Crippen LogP contribution is 2.22. The summed E-state index contributed by atoms with van der Waals surface area (Å²) >= 11 is 1.49. The molecule has 0 aromatic heterocycles. The summed E-state index contributed by atoms with van der Waals surface area (Å²) in [6.07, 6.45) is 2.34. The maximum atomic E-state index is 12.9. The van der Waals surface area contributed by atoms with Crippen LogP contribution in [-0.2, 0) is 4.79 Å². The quantitative estimate of drug-likeness (QED) is 0.740. The van der Waals surface area contributed by atoms with Crippen LogP contribution < -0.4 is 10.6 Å². The summed E-state index contributed by atoms with van der Waals surface area (Å²) in [5.41, 5.74) is 1.01. The van der Waals surface area contributed by atoms with Gasteiger partial charge in [0, 0.05) is 23.1 Å². The number of carbonyl (C=O) groups excluding carboxylic acids is 2. The summed E-state index contributed by atoms with van der Waals surface area (Å²) in [4.78, 5) is 25.3. The maximum absolute atomic E-state index is 12.9. The van der Waals surface area contributed by atoms with Gasteiger partial charge in [-0.3, -0.25) is 9.59 Å². The van der Waals surface area contributed by atoms with Crippen LogP contribution in [0.25, 0.3) is 0 Å². The van der Waals surface area contributed by atoms with E-state index in [1.54, 1.807) is 36.4 Å². The Bertz CT molecular complexity index is 760. The first-order chi connectivity index (χ1) is 12.1. The van der Waals surface area contributed by atoms with E-state index < -0.39 is 0 Å². The van der Waals surface area contributed by atoms with Gasteiger partial charge in [-0.05, 0) is 49.2 Å². The number of nitrogens with one attached hydrogen (secondary N) is 2. The molecular formula is C19H19FN2O2S. The van der Waals surface area contributed by atoms with Crippen LogP contribution in [0.1, 0.15) is 29.6 Å². The highest BCUT2D eigenvalue weighted by Gasteiger charge is 2.24. The molecule has 0 bridgehead atoms. The lowest BCUT2D eigenvalue weighted by Crippen LogP contribution is -2.27. The van der Waals surface area contributed by atoms with Gasteiger partial charge in [0.15, 0.2) is 0 Å². The van der Waals surface area contributed by atoms with Gasteiger partial charge < -0.3 is 10.6 Å². The van der Waals surface area contributed by atoms with E-state index in [1.165, 1.54) is 23.9 Å². The van der Waals surface area contributed by atoms with E-state index in [0.717, 1.165) is 17.7 Å². The SMILES string of the molecule is O=C(CCSc1ccc(F)cc1)Nc1ccccc1C(=O)NC1CC1. The van der Waals surface area contributed by atoms with Gasteiger partial charge >= 0.3 is 0 Å². The molecule has 25 heavy (non-hydrogen) atoms. The molecule has 1 fully saturated rings. The van der Waals surface area contributed by atoms with Crippen molar-refractivity contribution in [3.63, 3.8) is 0 Å². The van der Waals surface area contributed by atoms with E-state index in [4.69, 9.17) is 0 Å². The molecule has 1 aliphatic carbocycles. The predicted octanol–water partition coefficient (Wildman–Crippen LogP) is 3.84. The zero-order valence-electron chi connectivity index (χ0n) is 13.6. The maximum Gasteiger partial charge on any atom is 0.253 e. The molecule has 0 heterocycles. The van der Waals surface area contributed by atoms with Crippen molar-refractivity contribution in [3.05, 3.63) is 59.9 Å². The van der Waals surface area contributed by atoms with Gasteiger partial charge in [-0.25, -0.2) is 4.39 Å². The largest absolute Gasteiger partial charge is 0.349 e. The molecule has 3 rings (SSSR count). The lowest BCUT2D eigenvalue weighted by molar-refractivity contribution is -0.115. The van der Waals surface area contributed by atoms with Gasteiger partial charge in [-0.15, -0.1) is 11.8 Å². The Hall–Kier alpha value is -2.34. The number of carbonyl (C=O) groups is 2. The van der Waals surface area contributed by atoms with E-state index in [-0.39, 0.29) is 23.7 Å². The van der Waals surface area contributed by atoms with Crippen molar-refractivity contribution in [2.24, 2.45) is 0 Å². The normalized spacial score (nSPS) is 13.3. The Balaban J connectivity index is 1.52. The van der Waals surface area contributed by atoms with Crippen molar-refractivity contribution in [1.82, 2.24) is 5.32 Å². The number of hydrogen-bond acceptors (Lipinski definition) is 3. The van der Waals surface area contributed by atoms with Crippen LogP contribution in [-0.4, -0.2) is 23.6 Å².